The van der Waals surface area contributed by atoms with Crippen molar-refractivity contribution in [3.05, 3.63) is 30.3 Å². The number of nitrogens with zero attached hydrogens (tertiary/aromatic N) is 1. The third kappa shape index (κ3) is 2.04. The highest BCUT2D eigenvalue weighted by Crippen LogP contribution is 2.24. The molecule has 2 N–H and O–H groups in total. The third-order valence-electron chi connectivity index (χ3n) is 3.21. The van der Waals surface area contributed by atoms with E-state index in [4.69, 9.17) is 12.2 Å². The Morgan fingerprint density at radius 1 is 1.28 bits per heavy atom. The van der Waals surface area contributed by atoms with E-state index in [0.29, 0.717) is 5.11 Å². The number of rotatable bonds is 2. The van der Waals surface area contributed by atoms with Crippen LogP contribution in [-0.4, -0.2) is 42.1 Å². The minimum atomic E-state index is -2.96. The fourth-order valence-electron chi connectivity index (χ4n) is 2.39. The van der Waals surface area contributed by atoms with Gasteiger partial charge in [0.2, 0.25) is 0 Å². The summed E-state index contributed by atoms with van der Waals surface area (Å²) >= 11 is 5.23. The van der Waals surface area contributed by atoms with Crippen molar-refractivity contribution in [1.82, 2.24) is 10.3 Å². The van der Waals surface area contributed by atoms with Gasteiger partial charge in [0.1, 0.15) is 0 Å². The van der Waals surface area contributed by atoms with E-state index in [1.54, 1.807) is 5.01 Å². The summed E-state index contributed by atoms with van der Waals surface area (Å²) in [6.07, 6.45) is 0. The van der Waals surface area contributed by atoms with Crippen molar-refractivity contribution in [2.45, 2.75) is 12.1 Å². The maximum atomic E-state index is 11.6. The number of hydrogen-bond donors (Lipinski definition) is 2. The van der Waals surface area contributed by atoms with Crippen LogP contribution in [-0.2, 0) is 9.84 Å². The van der Waals surface area contributed by atoms with Crippen LogP contribution in [0.15, 0.2) is 30.3 Å². The molecular formula is C11H13N3O2S2. The zero-order chi connectivity index (χ0) is 12.8. The zero-order valence-corrected chi connectivity index (χ0v) is 11.2. The van der Waals surface area contributed by atoms with Crippen molar-refractivity contribution in [2.75, 3.05) is 16.9 Å². The van der Waals surface area contributed by atoms with E-state index in [9.17, 15) is 8.42 Å². The van der Waals surface area contributed by atoms with Gasteiger partial charge in [-0.15, -0.1) is 0 Å². The summed E-state index contributed by atoms with van der Waals surface area (Å²) in [7, 11) is -2.96. The molecule has 3 rings (SSSR count). The summed E-state index contributed by atoms with van der Waals surface area (Å²) in [6.45, 7) is 0. The van der Waals surface area contributed by atoms with Gasteiger partial charge in [-0.25, -0.2) is 8.42 Å². The number of para-hydroxylation sites is 1. The Morgan fingerprint density at radius 3 is 2.72 bits per heavy atom. The fraction of sp³-hybridized carbons (Fsp3) is 0.364. The normalized spacial score (nSPS) is 28.9. The molecule has 0 amide bonds. The number of benzene rings is 1. The predicted octanol–water partition coefficient (Wildman–Crippen LogP) is 0.369. The third-order valence-corrected chi connectivity index (χ3v) is 5.24. The van der Waals surface area contributed by atoms with Crippen LogP contribution in [0, 0.1) is 0 Å². The number of anilines is 1. The number of sulfone groups is 1. The van der Waals surface area contributed by atoms with E-state index >= 15 is 0 Å². The van der Waals surface area contributed by atoms with Crippen molar-refractivity contribution in [3.8, 4) is 0 Å². The van der Waals surface area contributed by atoms with E-state index in [2.05, 4.69) is 10.7 Å². The monoisotopic (exact) mass is 283 g/mol. The number of nitrogens with one attached hydrogen (secondary N) is 2. The van der Waals surface area contributed by atoms with Crippen LogP contribution in [0.2, 0.25) is 0 Å². The van der Waals surface area contributed by atoms with Crippen LogP contribution in [0.3, 0.4) is 0 Å². The van der Waals surface area contributed by atoms with Crippen molar-refractivity contribution in [2.24, 2.45) is 0 Å². The standard InChI is InChI=1S/C11H13N3O2S2/c15-18(16)6-9-10(7-18)14(11(17)12-9)13-8-4-2-1-3-5-8/h1-5,9-10,13H,6-7H2,(H,12,17)/t9-,10-/m1/s1. The summed E-state index contributed by atoms with van der Waals surface area (Å²) in [6, 6.07) is 9.37. The van der Waals surface area contributed by atoms with Gasteiger partial charge in [0.05, 0.1) is 29.3 Å². The molecule has 0 bridgehead atoms. The SMILES string of the molecule is O=S1(=O)C[C@@H]2[C@@H](C1)NC(=S)N2Nc1ccccc1. The van der Waals surface area contributed by atoms with Crippen LogP contribution in [0.5, 0.6) is 0 Å². The summed E-state index contributed by atoms with van der Waals surface area (Å²) in [5.74, 6) is 0.301. The highest BCUT2D eigenvalue weighted by Gasteiger charge is 2.47. The summed E-state index contributed by atoms with van der Waals surface area (Å²) in [5, 5.41) is 5.37. The van der Waals surface area contributed by atoms with E-state index in [1.165, 1.54) is 0 Å². The first-order valence-electron chi connectivity index (χ1n) is 5.67. The smallest absolute Gasteiger partial charge is 0.188 e. The van der Waals surface area contributed by atoms with E-state index in [1.807, 2.05) is 30.3 Å². The molecule has 0 aliphatic carbocycles. The van der Waals surface area contributed by atoms with Crippen LogP contribution in [0.1, 0.15) is 0 Å². The van der Waals surface area contributed by atoms with Gasteiger partial charge in [-0.05, 0) is 24.4 Å². The lowest BCUT2D eigenvalue weighted by Crippen LogP contribution is -2.41. The van der Waals surface area contributed by atoms with Gasteiger partial charge in [0, 0.05) is 0 Å². The van der Waals surface area contributed by atoms with Crippen LogP contribution in [0.4, 0.5) is 5.69 Å². The number of thiocarbonyl (C=S) groups is 1. The average molecular weight is 283 g/mol. The van der Waals surface area contributed by atoms with Gasteiger partial charge in [-0.1, -0.05) is 18.2 Å². The number of hydrazine groups is 1. The predicted molar refractivity (Wildman–Crippen MR) is 73.9 cm³/mol. The molecule has 2 heterocycles. The molecule has 2 aliphatic rings. The first-order chi connectivity index (χ1) is 8.55. The lowest BCUT2D eigenvalue weighted by molar-refractivity contribution is 0.410. The second-order valence-corrected chi connectivity index (χ2v) is 7.09. The molecule has 2 aliphatic heterocycles. The lowest BCUT2D eigenvalue weighted by atomic mass is 10.2. The van der Waals surface area contributed by atoms with E-state index < -0.39 is 9.84 Å². The lowest BCUT2D eigenvalue weighted by Gasteiger charge is -2.24. The molecular weight excluding hydrogens is 270 g/mol. The van der Waals surface area contributed by atoms with Crippen molar-refractivity contribution >= 4 is 32.9 Å². The van der Waals surface area contributed by atoms with E-state index in [0.717, 1.165) is 5.69 Å². The molecule has 0 aromatic heterocycles. The van der Waals surface area contributed by atoms with Gasteiger partial charge >= 0.3 is 0 Å². The molecule has 1 aromatic rings. The molecule has 2 atom stereocenters. The summed E-state index contributed by atoms with van der Waals surface area (Å²) < 4.78 is 23.2. The van der Waals surface area contributed by atoms with Gasteiger partial charge in [-0.3, -0.25) is 10.4 Å². The van der Waals surface area contributed by atoms with Gasteiger partial charge in [0.25, 0.3) is 0 Å². The molecule has 0 unspecified atom stereocenters. The highest BCUT2D eigenvalue weighted by molar-refractivity contribution is 7.91. The first-order valence-corrected chi connectivity index (χ1v) is 7.90. The minimum absolute atomic E-state index is 0.0984. The van der Waals surface area contributed by atoms with Gasteiger partial charge in [0.15, 0.2) is 14.9 Å². The molecule has 7 heteroatoms. The summed E-state index contributed by atoms with van der Waals surface area (Å²) in [4.78, 5) is 0. The Balaban J connectivity index is 1.82. The topological polar surface area (TPSA) is 61.4 Å². The van der Waals surface area contributed by atoms with Crippen LogP contribution in [0.25, 0.3) is 0 Å². The van der Waals surface area contributed by atoms with Crippen molar-refractivity contribution in [3.63, 3.8) is 0 Å². The second-order valence-electron chi connectivity index (χ2n) is 4.55. The molecule has 0 spiro atoms. The fourth-order valence-corrected chi connectivity index (χ4v) is 4.61. The minimum Gasteiger partial charge on any atom is -0.355 e. The van der Waals surface area contributed by atoms with E-state index in [-0.39, 0.29) is 23.6 Å². The number of hydrogen-bond acceptors (Lipinski definition) is 4. The number of fused-ring (bicyclic) bond motifs is 1. The highest BCUT2D eigenvalue weighted by atomic mass is 32.2. The summed E-state index contributed by atoms with van der Waals surface area (Å²) in [5.41, 5.74) is 4.06. The van der Waals surface area contributed by atoms with Gasteiger partial charge < -0.3 is 5.32 Å². The van der Waals surface area contributed by atoms with Crippen molar-refractivity contribution < 1.29 is 8.42 Å². The molecule has 5 nitrogen and oxygen atoms in total. The Kier molecular flexibility index (Phi) is 2.67. The maximum Gasteiger partial charge on any atom is 0.188 e. The van der Waals surface area contributed by atoms with Crippen LogP contribution >= 0.6 is 12.2 Å². The molecule has 0 saturated carbocycles. The Hall–Kier alpha value is -1.34. The Morgan fingerprint density at radius 2 is 2.00 bits per heavy atom. The average Bonchev–Trinajstić information content (AvgIpc) is 2.74. The van der Waals surface area contributed by atoms with Gasteiger partial charge in [-0.2, -0.15) is 0 Å². The molecule has 2 saturated heterocycles. The Bertz CT molecular complexity index is 573. The maximum absolute atomic E-state index is 11.6. The van der Waals surface area contributed by atoms with Crippen molar-refractivity contribution in [1.29, 1.82) is 0 Å². The zero-order valence-electron chi connectivity index (χ0n) is 9.54. The molecule has 2 fully saturated rings. The molecule has 96 valence electrons. The quantitative estimate of drug-likeness (QED) is 0.765. The molecule has 1 aromatic carbocycles. The largest absolute Gasteiger partial charge is 0.355 e. The molecule has 18 heavy (non-hydrogen) atoms. The first kappa shape index (κ1) is 11.7. The molecule has 0 radical (unpaired) electrons. The van der Waals surface area contributed by atoms with Crippen LogP contribution < -0.4 is 10.7 Å². The Labute approximate surface area is 111 Å². The second kappa shape index (κ2) is 4.10.